The minimum atomic E-state index is -0.549. The van der Waals surface area contributed by atoms with Crippen LogP contribution in [0.1, 0.15) is 18.3 Å². The first-order chi connectivity index (χ1) is 17.1. The number of esters is 1. The third-order valence-electron chi connectivity index (χ3n) is 4.96. The second-order valence-corrected chi connectivity index (χ2v) is 8.81. The van der Waals surface area contributed by atoms with Crippen LogP contribution in [0.2, 0.25) is 5.02 Å². The van der Waals surface area contributed by atoms with E-state index in [1.54, 1.807) is 31.2 Å². The quantitative estimate of drug-likeness (QED) is 0.107. The Morgan fingerprint density at radius 3 is 2.34 bits per heavy atom. The van der Waals surface area contributed by atoms with Crippen LogP contribution in [-0.4, -0.2) is 32.4 Å². The van der Waals surface area contributed by atoms with Crippen LogP contribution in [0.4, 0.5) is 5.69 Å². The van der Waals surface area contributed by atoms with Gasteiger partial charge in [-0.1, -0.05) is 60.1 Å². The molecule has 4 aromatic rings. The highest BCUT2D eigenvalue weighted by Gasteiger charge is 2.22. The summed E-state index contributed by atoms with van der Waals surface area (Å²) in [7, 11) is 0. The number of rotatable bonds is 8. The first-order valence-electron chi connectivity index (χ1n) is 11.1. The molecule has 0 aliphatic heterocycles. The second kappa shape index (κ2) is 12.2. The summed E-state index contributed by atoms with van der Waals surface area (Å²) in [6.45, 7) is 1.98. The molecule has 0 radical (unpaired) electrons. The molecule has 35 heavy (non-hydrogen) atoms. The molecular formula is C26H24ClN5O2S. The number of hydrazone groups is 1. The number of thioether (sulfide) groups is 1. The summed E-state index contributed by atoms with van der Waals surface area (Å²) in [6.07, 6.45) is 1.49. The van der Waals surface area contributed by atoms with Crippen LogP contribution in [0.5, 0.6) is 0 Å². The van der Waals surface area contributed by atoms with Crippen LogP contribution < -0.4 is 5.43 Å². The molecule has 9 heteroatoms. The maximum Gasteiger partial charge on any atom is 0.365 e. The van der Waals surface area contributed by atoms with Gasteiger partial charge in [-0.2, -0.15) is 5.10 Å². The molecule has 0 fully saturated rings. The third kappa shape index (κ3) is 6.71. The molecule has 0 saturated heterocycles. The standard InChI is InChI=1S/C26H24ClN5O2S/c1-2-34-25(33)24(30-28-21-16-14-20(27)15-17-21)35-26-31-29-23(18-13-19-9-5-3-6-10-19)32(26)22-11-7-4-8-12-22/h3-12,14-17,28H,2,13,18H2,1H3. The van der Waals surface area contributed by atoms with Crippen molar-refractivity contribution in [3.63, 3.8) is 0 Å². The van der Waals surface area contributed by atoms with Crippen molar-refractivity contribution in [1.82, 2.24) is 14.8 Å². The van der Waals surface area contributed by atoms with E-state index in [-0.39, 0.29) is 11.7 Å². The van der Waals surface area contributed by atoms with E-state index in [4.69, 9.17) is 16.3 Å². The highest BCUT2D eigenvalue weighted by Crippen LogP contribution is 2.25. The van der Waals surface area contributed by atoms with Gasteiger partial charge in [-0.25, -0.2) is 4.79 Å². The lowest BCUT2D eigenvalue weighted by molar-refractivity contribution is -0.134. The Kier molecular flexibility index (Phi) is 8.53. The van der Waals surface area contributed by atoms with E-state index in [1.165, 1.54) is 5.56 Å². The van der Waals surface area contributed by atoms with Gasteiger partial charge in [-0.05, 0) is 67.1 Å². The summed E-state index contributed by atoms with van der Waals surface area (Å²) in [5, 5.41) is 14.4. The Bertz CT molecular complexity index is 1280. The molecule has 1 aromatic heterocycles. The fourth-order valence-electron chi connectivity index (χ4n) is 3.29. The predicted molar refractivity (Wildman–Crippen MR) is 140 cm³/mol. The zero-order chi connectivity index (χ0) is 24.5. The van der Waals surface area contributed by atoms with Gasteiger partial charge in [-0.15, -0.1) is 10.2 Å². The largest absolute Gasteiger partial charge is 0.461 e. The van der Waals surface area contributed by atoms with Gasteiger partial charge < -0.3 is 4.74 Å². The SMILES string of the molecule is CCOC(=O)C(=NNc1ccc(Cl)cc1)Sc1nnc(CCc2ccccc2)n1-c1ccccc1. The molecule has 0 atom stereocenters. The molecule has 0 amide bonds. The van der Waals surface area contributed by atoms with Crippen molar-refractivity contribution in [3.8, 4) is 5.69 Å². The highest BCUT2D eigenvalue weighted by atomic mass is 35.5. The fraction of sp³-hybridized carbons (Fsp3) is 0.154. The molecule has 7 nitrogen and oxygen atoms in total. The Morgan fingerprint density at radius 1 is 0.971 bits per heavy atom. The summed E-state index contributed by atoms with van der Waals surface area (Å²) in [5.74, 6) is 0.240. The van der Waals surface area contributed by atoms with E-state index in [0.717, 1.165) is 29.7 Å². The number of anilines is 1. The molecule has 0 unspecified atom stereocenters. The molecular weight excluding hydrogens is 482 g/mol. The Labute approximate surface area is 213 Å². The van der Waals surface area contributed by atoms with Gasteiger partial charge in [0.1, 0.15) is 5.82 Å². The number of aryl methyl sites for hydroxylation is 2. The average molecular weight is 506 g/mol. The topological polar surface area (TPSA) is 81.4 Å². The van der Waals surface area contributed by atoms with E-state index in [2.05, 4.69) is 32.9 Å². The number of hydrogen-bond acceptors (Lipinski definition) is 7. The zero-order valence-corrected chi connectivity index (χ0v) is 20.7. The van der Waals surface area contributed by atoms with Crippen LogP contribution in [0.25, 0.3) is 5.69 Å². The predicted octanol–water partition coefficient (Wildman–Crippen LogP) is 5.79. The van der Waals surface area contributed by atoms with Crippen LogP contribution in [-0.2, 0) is 22.4 Å². The summed E-state index contributed by atoms with van der Waals surface area (Å²) < 4.78 is 7.18. The number of para-hydroxylation sites is 1. The molecule has 0 bridgehead atoms. The monoisotopic (exact) mass is 505 g/mol. The van der Waals surface area contributed by atoms with Crippen molar-refractivity contribution < 1.29 is 9.53 Å². The van der Waals surface area contributed by atoms with Gasteiger partial charge in [0, 0.05) is 17.1 Å². The minimum Gasteiger partial charge on any atom is -0.461 e. The van der Waals surface area contributed by atoms with Gasteiger partial charge in [0.25, 0.3) is 0 Å². The molecule has 1 heterocycles. The molecule has 0 saturated carbocycles. The number of nitrogens with one attached hydrogen (secondary N) is 1. The molecule has 0 aliphatic carbocycles. The van der Waals surface area contributed by atoms with Crippen molar-refractivity contribution >= 4 is 40.1 Å². The number of benzene rings is 3. The molecule has 0 aliphatic rings. The van der Waals surface area contributed by atoms with Crippen molar-refractivity contribution in [1.29, 1.82) is 0 Å². The molecule has 0 spiro atoms. The summed E-state index contributed by atoms with van der Waals surface area (Å²) >= 11 is 7.06. The van der Waals surface area contributed by atoms with Crippen molar-refractivity contribution in [2.24, 2.45) is 5.10 Å². The number of carbonyl (C=O) groups excluding carboxylic acids is 1. The van der Waals surface area contributed by atoms with E-state index in [9.17, 15) is 4.79 Å². The molecule has 4 rings (SSSR count). The fourth-order valence-corrected chi connectivity index (χ4v) is 4.21. The number of aromatic nitrogens is 3. The normalized spacial score (nSPS) is 11.3. The molecule has 1 N–H and O–H groups in total. The Hall–Kier alpha value is -3.62. The van der Waals surface area contributed by atoms with Crippen LogP contribution in [0.15, 0.2) is 95.2 Å². The first kappa shape index (κ1) is 24.5. The van der Waals surface area contributed by atoms with Crippen molar-refractivity contribution in [3.05, 3.63) is 101 Å². The lowest BCUT2D eigenvalue weighted by atomic mass is 10.1. The van der Waals surface area contributed by atoms with Gasteiger partial charge in [0.15, 0.2) is 0 Å². The van der Waals surface area contributed by atoms with Crippen molar-refractivity contribution in [2.45, 2.75) is 24.9 Å². The molecule has 178 valence electrons. The summed E-state index contributed by atoms with van der Waals surface area (Å²) in [4.78, 5) is 12.7. The van der Waals surface area contributed by atoms with E-state index < -0.39 is 5.97 Å². The number of halogens is 1. The van der Waals surface area contributed by atoms with Crippen LogP contribution in [0, 0.1) is 0 Å². The zero-order valence-electron chi connectivity index (χ0n) is 19.1. The maximum absolute atomic E-state index is 12.7. The molecule has 3 aromatic carbocycles. The third-order valence-corrected chi connectivity index (χ3v) is 6.11. The van der Waals surface area contributed by atoms with Gasteiger partial charge in [0.2, 0.25) is 10.2 Å². The van der Waals surface area contributed by atoms with Gasteiger partial charge in [0.05, 0.1) is 12.3 Å². The number of nitrogens with zero attached hydrogens (tertiary/aromatic N) is 4. The summed E-state index contributed by atoms with van der Waals surface area (Å²) in [5.41, 5.74) is 5.69. The van der Waals surface area contributed by atoms with E-state index >= 15 is 0 Å². The summed E-state index contributed by atoms with van der Waals surface area (Å²) in [6, 6.07) is 27.1. The van der Waals surface area contributed by atoms with E-state index in [1.807, 2.05) is 53.1 Å². The minimum absolute atomic E-state index is 0.112. The highest BCUT2D eigenvalue weighted by molar-refractivity contribution is 8.15. The van der Waals surface area contributed by atoms with Gasteiger partial charge >= 0.3 is 5.97 Å². The van der Waals surface area contributed by atoms with E-state index in [0.29, 0.717) is 22.3 Å². The van der Waals surface area contributed by atoms with Crippen molar-refractivity contribution in [2.75, 3.05) is 12.0 Å². The number of ether oxygens (including phenoxy) is 1. The first-order valence-corrected chi connectivity index (χ1v) is 12.3. The van der Waals surface area contributed by atoms with Crippen LogP contribution >= 0.6 is 23.4 Å². The number of hydrogen-bond donors (Lipinski definition) is 1. The number of carbonyl (C=O) groups is 1. The second-order valence-electron chi connectivity index (χ2n) is 7.41. The Morgan fingerprint density at radius 2 is 1.66 bits per heavy atom. The lowest BCUT2D eigenvalue weighted by Crippen LogP contribution is -2.17. The smallest absolute Gasteiger partial charge is 0.365 e. The average Bonchev–Trinajstić information content (AvgIpc) is 3.30. The lowest BCUT2D eigenvalue weighted by Gasteiger charge is -2.11. The Balaban J connectivity index is 1.63. The van der Waals surface area contributed by atoms with Crippen LogP contribution in [0.3, 0.4) is 0 Å². The maximum atomic E-state index is 12.7. The van der Waals surface area contributed by atoms with Gasteiger partial charge in [-0.3, -0.25) is 9.99 Å².